The second kappa shape index (κ2) is 11.8. The molecule has 0 unspecified atom stereocenters. The number of carboxylic acids is 2. The number of rotatable bonds is 6. The first-order valence-electron chi connectivity index (χ1n) is 3.33. The third-order valence-corrected chi connectivity index (χ3v) is 1.13. The second-order valence-corrected chi connectivity index (χ2v) is 2.22. The Morgan fingerprint density at radius 1 is 1.14 bits per heavy atom. The summed E-state index contributed by atoms with van der Waals surface area (Å²) in [4.78, 5) is 21.4. The molecule has 0 aliphatic carbocycles. The van der Waals surface area contributed by atoms with Crippen molar-refractivity contribution in [2.45, 2.75) is 0 Å². The van der Waals surface area contributed by atoms with Gasteiger partial charge in [0.2, 0.25) is 0 Å². The van der Waals surface area contributed by atoms with E-state index >= 15 is 0 Å². The summed E-state index contributed by atoms with van der Waals surface area (Å²) in [5.41, 5.74) is 0. The number of aliphatic hydroxyl groups excluding tert-OH is 1. The fourth-order valence-electron chi connectivity index (χ4n) is 0.738. The molecule has 0 aromatic rings. The molecule has 0 heterocycles. The van der Waals surface area contributed by atoms with Crippen LogP contribution in [0.3, 0.4) is 0 Å². The normalized spacial score (nSPS) is 8.71. The van der Waals surface area contributed by atoms with Crippen molar-refractivity contribution >= 4 is 11.9 Å². The number of aliphatic hydroxyl groups is 1. The third-order valence-electron chi connectivity index (χ3n) is 1.13. The van der Waals surface area contributed by atoms with Crippen LogP contribution in [0.5, 0.6) is 0 Å². The molecular formula is C6H12NNaO5Zr. The van der Waals surface area contributed by atoms with E-state index in [1.807, 2.05) is 0 Å². The van der Waals surface area contributed by atoms with Crippen molar-refractivity contribution in [3.63, 3.8) is 0 Å². The molecule has 3 N–H and O–H groups in total. The van der Waals surface area contributed by atoms with Crippen molar-refractivity contribution in [2.75, 3.05) is 26.2 Å². The Labute approximate surface area is 124 Å². The van der Waals surface area contributed by atoms with Crippen LogP contribution in [0.4, 0.5) is 0 Å². The summed E-state index contributed by atoms with van der Waals surface area (Å²) in [6, 6.07) is 0. The standard InChI is InChI=1S/C6H11NO5.Na.Zr.H/c8-2-1-7(3-5(9)10)4-6(11)12;;;/h8H,1-4H2,(H,9,10)(H,11,12);;;/q;+1;;-1. The van der Waals surface area contributed by atoms with E-state index in [1.165, 1.54) is 0 Å². The van der Waals surface area contributed by atoms with E-state index < -0.39 is 11.9 Å². The first kappa shape index (κ1) is 20.2. The van der Waals surface area contributed by atoms with Gasteiger partial charge in [0.05, 0.1) is 19.7 Å². The van der Waals surface area contributed by atoms with Gasteiger partial charge < -0.3 is 16.7 Å². The summed E-state index contributed by atoms with van der Waals surface area (Å²) in [6.45, 7) is -0.932. The molecule has 0 spiro atoms. The van der Waals surface area contributed by atoms with Crippen molar-refractivity contribution in [3.8, 4) is 0 Å². The Morgan fingerprint density at radius 2 is 1.50 bits per heavy atom. The average molecular weight is 292 g/mol. The number of aliphatic carboxylic acids is 2. The molecule has 0 fully saturated rings. The Kier molecular flexibility index (Phi) is 17.0. The van der Waals surface area contributed by atoms with Crippen LogP contribution in [-0.2, 0) is 35.8 Å². The van der Waals surface area contributed by atoms with Crippen LogP contribution < -0.4 is 29.6 Å². The predicted molar refractivity (Wildman–Crippen MR) is 39.9 cm³/mol. The molecular weight excluding hydrogens is 280 g/mol. The molecule has 8 heteroatoms. The molecule has 0 amide bonds. The number of hydrogen-bond acceptors (Lipinski definition) is 4. The van der Waals surface area contributed by atoms with E-state index in [0.717, 1.165) is 4.90 Å². The van der Waals surface area contributed by atoms with Crippen molar-refractivity contribution in [1.82, 2.24) is 4.90 Å². The van der Waals surface area contributed by atoms with Crippen LogP contribution in [0.2, 0.25) is 0 Å². The summed E-state index contributed by atoms with van der Waals surface area (Å²) >= 11 is 0. The molecule has 0 bridgehead atoms. The molecule has 0 aromatic heterocycles. The van der Waals surface area contributed by atoms with E-state index in [4.69, 9.17) is 15.3 Å². The molecule has 0 aliphatic heterocycles. The van der Waals surface area contributed by atoms with Crippen LogP contribution in [0.15, 0.2) is 0 Å². The molecule has 0 saturated heterocycles. The van der Waals surface area contributed by atoms with Crippen molar-refractivity contribution in [3.05, 3.63) is 0 Å². The van der Waals surface area contributed by atoms with Crippen LogP contribution in [-0.4, -0.2) is 58.4 Å². The zero-order valence-electron chi connectivity index (χ0n) is 8.93. The molecule has 0 radical (unpaired) electrons. The van der Waals surface area contributed by atoms with Gasteiger partial charge in [0, 0.05) is 32.7 Å². The van der Waals surface area contributed by atoms with Gasteiger partial charge in [-0.1, -0.05) is 0 Å². The fourth-order valence-corrected chi connectivity index (χ4v) is 0.738. The van der Waals surface area contributed by atoms with E-state index in [-0.39, 0.29) is 83.4 Å². The smallest absolute Gasteiger partial charge is 1.00 e. The zero-order valence-corrected chi connectivity index (χ0v) is 12.4. The van der Waals surface area contributed by atoms with Gasteiger partial charge >= 0.3 is 41.5 Å². The number of carboxylic acid groups (broad SMARTS) is 2. The van der Waals surface area contributed by atoms with Gasteiger partial charge in [-0.2, -0.15) is 0 Å². The van der Waals surface area contributed by atoms with E-state index in [1.54, 1.807) is 0 Å². The van der Waals surface area contributed by atoms with Crippen LogP contribution in [0.1, 0.15) is 1.43 Å². The molecule has 0 saturated carbocycles. The van der Waals surface area contributed by atoms with Crippen LogP contribution >= 0.6 is 0 Å². The summed E-state index contributed by atoms with van der Waals surface area (Å²) in [5.74, 6) is -2.21. The van der Waals surface area contributed by atoms with Crippen LogP contribution in [0, 0.1) is 0 Å². The minimum atomic E-state index is -1.11. The van der Waals surface area contributed by atoms with Crippen LogP contribution in [0.25, 0.3) is 0 Å². The summed E-state index contributed by atoms with van der Waals surface area (Å²) in [7, 11) is 0. The van der Waals surface area contributed by atoms with Gasteiger partial charge in [0.15, 0.2) is 0 Å². The zero-order chi connectivity index (χ0) is 9.56. The van der Waals surface area contributed by atoms with Gasteiger partial charge in [-0.3, -0.25) is 14.5 Å². The van der Waals surface area contributed by atoms with Crippen molar-refractivity contribution < 1.29 is 82.1 Å². The Morgan fingerprint density at radius 3 is 1.71 bits per heavy atom. The molecule has 6 nitrogen and oxygen atoms in total. The fraction of sp³-hybridized carbons (Fsp3) is 0.667. The molecule has 14 heavy (non-hydrogen) atoms. The summed E-state index contributed by atoms with van der Waals surface area (Å²) < 4.78 is 0. The Bertz CT molecular complexity index is 169. The van der Waals surface area contributed by atoms with E-state index in [9.17, 15) is 9.59 Å². The molecule has 76 valence electrons. The maximum absolute atomic E-state index is 10.1. The monoisotopic (exact) mass is 291 g/mol. The van der Waals surface area contributed by atoms with Gasteiger partial charge in [-0.15, -0.1) is 0 Å². The molecule has 0 atom stereocenters. The molecule has 0 rings (SSSR count). The number of hydrogen-bond donors (Lipinski definition) is 3. The minimum Gasteiger partial charge on any atom is -1.00 e. The largest absolute Gasteiger partial charge is 1.00 e. The first-order chi connectivity index (χ1) is 5.56. The average Bonchev–Trinajstić information content (AvgIpc) is 1.84. The van der Waals surface area contributed by atoms with Gasteiger partial charge in [0.25, 0.3) is 0 Å². The van der Waals surface area contributed by atoms with Crippen molar-refractivity contribution in [2.24, 2.45) is 0 Å². The SMILES string of the molecule is O=C(O)CN(CCO)CC(=O)O.[H-].[Na+].[Zr]. The first-order valence-corrected chi connectivity index (χ1v) is 3.33. The maximum atomic E-state index is 10.1. The van der Waals surface area contributed by atoms with E-state index in [2.05, 4.69) is 0 Å². The predicted octanol–water partition coefficient (Wildman–Crippen LogP) is -4.44. The number of carbonyl (C=O) groups is 2. The van der Waals surface area contributed by atoms with Crippen molar-refractivity contribution in [1.29, 1.82) is 0 Å². The maximum Gasteiger partial charge on any atom is 1.00 e. The molecule has 0 aliphatic rings. The molecule has 0 aromatic carbocycles. The van der Waals surface area contributed by atoms with Gasteiger partial charge in [-0.25, -0.2) is 0 Å². The van der Waals surface area contributed by atoms with Gasteiger partial charge in [-0.05, 0) is 0 Å². The summed E-state index contributed by atoms with van der Waals surface area (Å²) in [5, 5.41) is 25.0. The second-order valence-electron chi connectivity index (χ2n) is 2.22. The quantitative estimate of drug-likeness (QED) is 0.427. The Balaban J connectivity index is -0.000000202. The number of nitrogens with zero attached hydrogens (tertiary/aromatic N) is 1. The Hall–Kier alpha value is 0.743. The van der Waals surface area contributed by atoms with Gasteiger partial charge in [0.1, 0.15) is 0 Å². The minimum absolute atomic E-state index is 0. The third kappa shape index (κ3) is 12.7. The summed E-state index contributed by atoms with van der Waals surface area (Å²) in [6.07, 6.45) is 0. The van der Waals surface area contributed by atoms with E-state index in [0.29, 0.717) is 0 Å². The topological polar surface area (TPSA) is 98.1 Å².